The largest absolute Gasteiger partial charge is 0.493 e. The van der Waals surface area contributed by atoms with Crippen LogP contribution in [-0.4, -0.2) is 13.7 Å². The van der Waals surface area contributed by atoms with E-state index in [0.717, 1.165) is 24.2 Å². The van der Waals surface area contributed by atoms with E-state index < -0.39 is 0 Å². The third kappa shape index (κ3) is 3.24. The summed E-state index contributed by atoms with van der Waals surface area (Å²) in [7, 11) is 1.75. The second kappa shape index (κ2) is 6.46. The molecule has 0 aliphatic heterocycles. The van der Waals surface area contributed by atoms with E-state index in [1.54, 1.807) is 7.11 Å². The lowest BCUT2D eigenvalue weighted by molar-refractivity contribution is 0.0920. The van der Waals surface area contributed by atoms with Gasteiger partial charge in [-0.3, -0.25) is 0 Å². The zero-order chi connectivity index (χ0) is 11.1. The van der Waals surface area contributed by atoms with Gasteiger partial charge in [0.25, 0.3) is 0 Å². The van der Waals surface area contributed by atoms with Crippen molar-refractivity contribution in [1.29, 1.82) is 0 Å². The maximum Gasteiger partial charge on any atom is 0.125 e. The number of para-hydroxylation sites is 1. The fourth-order valence-electron chi connectivity index (χ4n) is 1.70. The van der Waals surface area contributed by atoms with Gasteiger partial charge in [-0.05, 0) is 19.4 Å². The Labute approximate surface area is 92.2 Å². The molecule has 0 aliphatic carbocycles. The summed E-state index contributed by atoms with van der Waals surface area (Å²) in [5.41, 5.74) is 1.16. The van der Waals surface area contributed by atoms with Crippen molar-refractivity contribution in [3.05, 3.63) is 29.8 Å². The van der Waals surface area contributed by atoms with E-state index >= 15 is 0 Å². The Bertz CT molecular complexity index is 284. The van der Waals surface area contributed by atoms with Crippen molar-refractivity contribution < 1.29 is 9.47 Å². The first-order valence-electron chi connectivity index (χ1n) is 5.58. The van der Waals surface area contributed by atoms with Gasteiger partial charge in [0.15, 0.2) is 0 Å². The van der Waals surface area contributed by atoms with Gasteiger partial charge in [-0.1, -0.05) is 31.5 Å². The molecule has 1 aromatic carbocycles. The molecule has 0 fully saturated rings. The number of hydrogen-bond donors (Lipinski definition) is 0. The average molecular weight is 208 g/mol. The van der Waals surface area contributed by atoms with E-state index in [2.05, 4.69) is 13.0 Å². The minimum absolute atomic E-state index is 0.151. The summed E-state index contributed by atoms with van der Waals surface area (Å²) in [6.45, 7) is 4.85. The molecule has 1 atom stereocenters. The smallest absolute Gasteiger partial charge is 0.125 e. The van der Waals surface area contributed by atoms with Crippen LogP contribution in [0.15, 0.2) is 24.3 Å². The highest BCUT2D eigenvalue weighted by atomic mass is 16.5. The average Bonchev–Trinajstić information content (AvgIpc) is 2.27. The van der Waals surface area contributed by atoms with Crippen LogP contribution in [0.1, 0.15) is 38.4 Å². The fourth-order valence-corrected chi connectivity index (χ4v) is 1.70. The molecule has 84 valence electrons. The first kappa shape index (κ1) is 12.1. The molecule has 0 bridgehead atoms. The summed E-state index contributed by atoms with van der Waals surface area (Å²) >= 11 is 0. The SMILES string of the molecule is CCCC(OC)c1ccccc1OCC. The van der Waals surface area contributed by atoms with Crippen molar-refractivity contribution in [2.75, 3.05) is 13.7 Å². The number of hydrogen-bond acceptors (Lipinski definition) is 2. The second-order valence-electron chi connectivity index (χ2n) is 3.48. The van der Waals surface area contributed by atoms with E-state index in [0.29, 0.717) is 6.61 Å². The first-order valence-corrected chi connectivity index (χ1v) is 5.58. The Morgan fingerprint density at radius 3 is 2.53 bits per heavy atom. The minimum Gasteiger partial charge on any atom is -0.493 e. The van der Waals surface area contributed by atoms with Gasteiger partial charge in [0, 0.05) is 12.7 Å². The van der Waals surface area contributed by atoms with Gasteiger partial charge in [0.1, 0.15) is 5.75 Å². The fraction of sp³-hybridized carbons (Fsp3) is 0.538. The van der Waals surface area contributed by atoms with Gasteiger partial charge in [-0.2, -0.15) is 0 Å². The molecule has 1 rings (SSSR count). The van der Waals surface area contributed by atoms with Crippen LogP contribution in [0.5, 0.6) is 5.75 Å². The molecule has 0 saturated carbocycles. The maximum absolute atomic E-state index is 5.59. The van der Waals surface area contributed by atoms with Gasteiger partial charge in [0.2, 0.25) is 0 Å². The molecule has 0 spiro atoms. The second-order valence-corrected chi connectivity index (χ2v) is 3.48. The third-order valence-electron chi connectivity index (χ3n) is 2.40. The summed E-state index contributed by atoms with van der Waals surface area (Å²) in [6.07, 6.45) is 2.29. The van der Waals surface area contributed by atoms with Crippen molar-refractivity contribution in [3.63, 3.8) is 0 Å². The molecule has 1 unspecified atom stereocenters. The molecule has 0 N–H and O–H groups in total. The van der Waals surface area contributed by atoms with E-state index in [1.165, 1.54) is 0 Å². The van der Waals surface area contributed by atoms with Crippen LogP contribution in [0.25, 0.3) is 0 Å². The standard InChI is InChI=1S/C13H20O2/c1-4-8-12(14-3)11-9-6-7-10-13(11)15-5-2/h6-7,9-10,12H,4-5,8H2,1-3H3. The van der Waals surface area contributed by atoms with Crippen molar-refractivity contribution in [1.82, 2.24) is 0 Å². The predicted octanol–water partition coefficient (Wildman–Crippen LogP) is 3.57. The van der Waals surface area contributed by atoms with Crippen molar-refractivity contribution in [3.8, 4) is 5.75 Å². The highest BCUT2D eigenvalue weighted by Gasteiger charge is 2.13. The van der Waals surface area contributed by atoms with Crippen molar-refractivity contribution in [2.45, 2.75) is 32.8 Å². The zero-order valence-electron chi connectivity index (χ0n) is 9.82. The number of benzene rings is 1. The Balaban J connectivity index is 2.88. The molecular weight excluding hydrogens is 188 g/mol. The van der Waals surface area contributed by atoms with E-state index in [-0.39, 0.29) is 6.10 Å². The predicted molar refractivity (Wildman–Crippen MR) is 62.3 cm³/mol. The molecule has 0 saturated heterocycles. The van der Waals surface area contributed by atoms with E-state index in [1.807, 2.05) is 25.1 Å². The molecule has 0 radical (unpaired) electrons. The number of methoxy groups -OCH3 is 1. The monoisotopic (exact) mass is 208 g/mol. The summed E-state index contributed by atoms with van der Waals surface area (Å²) in [5, 5.41) is 0. The lowest BCUT2D eigenvalue weighted by atomic mass is 10.0. The van der Waals surface area contributed by atoms with Crippen LogP contribution >= 0.6 is 0 Å². The maximum atomic E-state index is 5.59. The number of rotatable bonds is 6. The Morgan fingerprint density at radius 1 is 1.20 bits per heavy atom. The highest BCUT2D eigenvalue weighted by Crippen LogP contribution is 2.30. The highest BCUT2D eigenvalue weighted by molar-refractivity contribution is 5.35. The topological polar surface area (TPSA) is 18.5 Å². The summed E-state index contributed by atoms with van der Waals surface area (Å²) < 4.78 is 11.1. The third-order valence-corrected chi connectivity index (χ3v) is 2.40. The lowest BCUT2D eigenvalue weighted by Crippen LogP contribution is -2.04. The molecule has 0 amide bonds. The quantitative estimate of drug-likeness (QED) is 0.711. The molecule has 0 heterocycles. The molecule has 15 heavy (non-hydrogen) atoms. The molecule has 2 heteroatoms. The van der Waals surface area contributed by atoms with Crippen LogP contribution in [0.3, 0.4) is 0 Å². The van der Waals surface area contributed by atoms with Crippen LogP contribution in [0.2, 0.25) is 0 Å². The number of ether oxygens (including phenoxy) is 2. The van der Waals surface area contributed by atoms with E-state index in [4.69, 9.17) is 9.47 Å². The summed E-state index contributed by atoms with van der Waals surface area (Å²) in [5.74, 6) is 0.945. The lowest BCUT2D eigenvalue weighted by Gasteiger charge is -2.18. The Morgan fingerprint density at radius 2 is 1.93 bits per heavy atom. The molecule has 1 aromatic rings. The van der Waals surface area contributed by atoms with E-state index in [9.17, 15) is 0 Å². The Kier molecular flexibility index (Phi) is 5.19. The molecular formula is C13H20O2. The summed E-state index contributed by atoms with van der Waals surface area (Å²) in [6, 6.07) is 8.10. The first-order chi connectivity index (χ1) is 7.33. The molecule has 2 nitrogen and oxygen atoms in total. The van der Waals surface area contributed by atoms with Gasteiger partial charge >= 0.3 is 0 Å². The van der Waals surface area contributed by atoms with Gasteiger partial charge in [0.05, 0.1) is 12.7 Å². The van der Waals surface area contributed by atoms with Gasteiger partial charge in [-0.25, -0.2) is 0 Å². The van der Waals surface area contributed by atoms with Crippen LogP contribution < -0.4 is 4.74 Å². The van der Waals surface area contributed by atoms with Gasteiger partial charge < -0.3 is 9.47 Å². The molecule has 0 aromatic heterocycles. The van der Waals surface area contributed by atoms with Crippen LogP contribution in [0, 0.1) is 0 Å². The van der Waals surface area contributed by atoms with Crippen LogP contribution in [0.4, 0.5) is 0 Å². The summed E-state index contributed by atoms with van der Waals surface area (Å²) in [4.78, 5) is 0. The van der Waals surface area contributed by atoms with Crippen LogP contribution in [-0.2, 0) is 4.74 Å². The van der Waals surface area contributed by atoms with Gasteiger partial charge in [-0.15, -0.1) is 0 Å². The van der Waals surface area contributed by atoms with Crippen molar-refractivity contribution in [2.24, 2.45) is 0 Å². The zero-order valence-corrected chi connectivity index (χ0v) is 9.82. The minimum atomic E-state index is 0.151. The Hall–Kier alpha value is -1.02. The van der Waals surface area contributed by atoms with Crippen molar-refractivity contribution >= 4 is 0 Å². The normalized spacial score (nSPS) is 12.5. The molecule has 0 aliphatic rings.